The summed E-state index contributed by atoms with van der Waals surface area (Å²) in [6.07, 6.45) is -5.42. The van der Waals surface area contributed by atoms with Gasteiger partial charge in [0.15, 0.2) is 5.82 Å². The maximum Gasteiger partial charge on any atom is 0.389 e. The Balaban J connectivity index is 1.69. The van der Waals surface area contributed by atoms with Crippen molar-refractivity contribution in [1.29, 1.82) is 0 Å². The Kier molecular flexibility index (Phi) is 7.17. The van der Waals surface area contributed by atoms with Crippen LogP contribution in [0, 0.1) is 0 Å². The maximum absolute atomic E-state index is 13.6. The van der Waals surface area contributed by atoms with Crippen molar-refractivity contribution in [3.63, 3.8) is 0 Å². The monoisotopic (exact) mass is 591 g/mol. The Bertz CT molecular complexity index is 1460. The Morgan fingerprint density at radius 1 is 1.06 bits per heavy atom. The third-order valence-corrected chi connectivity index (χ3v) is 9.70. The summed E-state index contributed by atoms with van der Waals surface area (Å²) in [6.45, 7) is -0.106. The van der Waals surface area contributed by atoms with E-state index in [2.05, 4.69) is 25.3 Å². The molecule has 0 aliphatic heterocycles. The minimum atomic E-state index is -4.30. The molecule has 6 nitrogen and oxygen atoms in total. The van der Waals surface area contributed by atoms with Crippen molar-refractivity contribution >= 4 is 63.9 Å². The first-order chi connectivity index (χ1) is 16.1. The van der Waals surface area contributed by atoms with Crippen molar-refractivity contribution in [1.82, 2.24) is 9.36 Å². The number of alkyl halides is 3. The van der Waals surface area contributed by atoms with Gasteiger partial charge < -0.3 is 0 Å². The highest BCUT2D eigenvalue weighted by atomic mass is 79.9. The van der Waals surface area contributed by atoms with Gasteiger partial charge >= 0.3 is 11.0 Å². The van der Waals surface area contributed by atoms with Crippen LogP contribution in [0.3, 0.4) is 0 Å². The lowest BCUT2D eigenvalue weighted by Gasteiger charge is -2.24. The number of nitrogens with zero attached hydrogens (tertiary/aromatic N) is 2. The molecule has 0 radical (unpaired) electrons. The minimum Gasteiger partial charge on any atom is -0.296 e. The van der Waals surface area contributed by atoms with Crippen LogP contribution < -0.4 is 9.18 Å². The summed E-state index contributed by atoms with van der Waals surface area (Å²) in [5.41, 5.74) is 0.539. The van der Waals surface area contributed by atoms with E-state index in [9.17, 15) is 26.4 Å². The Morgan fingerprint density at radius 2 is 1.76 bits per heavy atom. The van der Waals surface area contributed by atoms with Gasteiger partial charge in [-0.15, -0.1) is 11.3 Å². The maximum atomic E-state index is 13.6. The number of halogens is 4. The van der Waals surface area contributed by atoms with Crippen molar-refractivity contribution in [2.75, 3.05) is 10.8 Å². The molecule has 0 aliphatic carbocycles. The van der Waals surface area contributed by atoms with Gasteiger partial charge in [-0.1, -0.05) is 18.2 Å². The van der Waals surface area contributed by atoms with Crippen LogP contribution in [-0.4, -0.2) is 30.5 Å². The molecule has 0 fully saturated rings. The van der Waals surface area contributed by atoms with Crippen molar-refractivity contribution in [3.05, 3.63) is 62.7 Å². The second-order valence-electron chi connectivity index (χ2n) is 7.33. The van der Waals surface area contributed by atoms with Gasteiger partial charge in [0, 0.05) is 40.1 Å². The molecule has 13 heteroatoms. The highest BCUT2D eigenvalue weighted by molar-refractivity contribution is 9.10. The molecule has 4 aromatic rings. The van der Waals surface area contributed by atoms with Gasteiger partial charge in [-0.25, -0.2) is 8.42 Å². The summed E-state index contributed by atoms with van der Waals surface area (Å²) in [6, 6.07) is 13.2. The Hall–Kier alpha value is -2.22. The van der Waals surface area contributed by atoms with E-state index >= 15 is 0 Å². The van der Waals surface area contributed by atoms with Gasteiger partial charge in [0.1, 0.15) is 5.00 Å². The normalized spacial score (nSPS) is 12.4. The smallest absolute Gasteiger partial charge is 0.296 e. The third-order valence-electron chi connectivity index (χ3n) is 4.97. The van der Waals surface area contributed by atoms with E-state index in [0.29, 0.717) is 20.9 Å². The van der Waals surface area contributed by atoms with E-state index in [1.165, 1.54) is 35.6 Å². The van der Waals surface area contributed by atoms with Crippen molar-refractivity contribution in [2.24, 2.45) is 0 Å². The molecule has 0 spiro atoms. The molecule has 2 heterocycles. The van der Waals surface area contributed by atoms with Crippen LogP contribution >= 0.6 is 38.8 Å². The summed E-state index contributed by atoms with van der Waals surface area (Å²) in [5, 5.41) is 1.22. The van der Waals surface area contributed by atoms with Gasteiger partial charge in [-0.3, -0.25) is 14.1 Å². The minimum absolute atomic E-state index is 0.0194. The summed E-state index contributed by atoms with van der Waals surface area (Å²) < 4.78 is 71.7. The zero-order valence-electron chi connectivity index (χ0n) is 17.3. The number of nitrogens with one attached hydrogen (secondary N) is 1. The molecule has 0 amide bonds. The fraction of sp³-hybridized carbons (Fsp3) is 0.238. The first-order valence-corrected chi connectivity index (χ1v) is 13.8. The van der Waals surface area contributed by atoms with Crippen molar-refractivity contribution in [3.8, 4) is 11.4 Å². The summed E-state index contributed by atoms with van der Waals surface area (Å²) in [7, 11) is -4.09. The zero-order chi connectivity index (χ0) is 24.5. The first-order valence-electron chi connectivity index (χ1n) is 9.99. The van der Waals surface area contributed by atoms with Gasteiger partial charge in [0.05, 0.1) is 9.37 Å². The number of rotatable bonds is 8. The SMILES string of the molecule is O=c1[nH]c(-c2ccc(S(=O)(=O)N(CCCCC(F)(F)F)c3sc4ccccc4c3Br)cc2)ns1. The molecule has 0 saturated heterocycles. The van der Waals surface area contributed by atoms with Crippen LogP contribution in [0.1, 0.15) is 19.3 Å². The average Bonchev–Trinajstić information content (AvgIpc) is 3.36. The van der Waals surface area contributed by atoms with Crippen LogP contribution in [0.4, 0.5) is 18.2 Å². The second-order valence-corrected chi connectivity index (χ2v) is 11.8. The van der Waals surface area contributed by atoms with E-state index in [4.69, 9.17) is 0 Å². The number of fused-ring (bicyclic) bond motifs is 1. The largest absolute Gasteiger partial charge is 0.389 e. The lowest BCUT2D eigenvalue weighted by atomic mass is 10.2. The summed E-state index contributed by atoms with van der Waals surface area (Å²) in [5.74, 6) is 0.329. The number of unbranched alkanes of at least 4 members (excludes halogenated alkanes) is 1. The van der Waals surface area contributed by atoms with Gasteiger partial charge in [0.2, 0.25) is 0 Å². The lowest BCUT2D eigenvalue weighted by molar-refractivity contribution is -0.135. The van der Waals surface area contributed by atoms with Crippen LogP contribution in [0.2, 0.25) is 0 Å². The molecule has 0 atom stereocenters. The number of benzene rings is 2. The molecule has 34 heavy (non-hydrogen) atoms. The second kappa shape index (κ2) is 9.80. The quantitative estimate of drug-likeness (QED) is 0.240. The van der Waals surface area contributed by atoms with E-state index < -0.39 is 22.6 Å². The highest BCUT2D eigenvalue weighted by Gasteiger charge is 2.30. The average molecular weight is 592 g/mol. The fourth-order valence-corrected chi connectivity index (χ4v) is 7.71. The van der Waals surface area contributed by atoms with E-state index in [-0.39, 0.29) is 29.2 Å². The summed E-state index contributed by atoms with van der Waals surface area (Å²) in [4.78, 5) is 13.6. The fourth-order valence-electron chi connectivity index (χ4n) is 3.34. The Labute approximate surface area is 209 Å². The number of thiophene rings is 1. The number of sulfonamides is 1. The Morgan fingerprint density at radius 3 is 2.38 bits per heavy atom. The first kappa shape index (κ1) is 24.9. The van der Waals surface area contributed by atoms with E-state index in [1.54, 1.807) is 0 Å². The van der Waals surface area contributed by atoms with Crippen molar-refractivity contribution in [2.45, 2.75) is 30.3 Å². The molecule has 2 aromatic carbocycles. The molecule has 0 aliphatic rings. The van der Waals surface area contributed by atoms with Crippen LogP contribution in [0.15, 0.2) is 62.7 Å². The lowest BCUT2D eigenvalue weighted by Crippen LogP contribution is -2.31. The number of aromatic amines is 1. The van der Waals surface area contributed by atoms with Crippen LogP contribution in [0.5, 0.6) is 0 Å². The molecule has 0 bridgehead atoms. The number of H-pyrrole nitrogens is 1. The standard InChI is InChI=1S/C21H17BrF3N3O3S3/c22-17-15-5-1-2-6-16(15)32-19(17)28(12-4-3-11-21(23,24)25)34(30,31)14-9-7-13(8-10-14)18-26-20(29)33-27-18/h1-2,5-10H,3-4,11-12H2,(H,26,27,29). The molecule has 0 unspecified atom stereocenters. The molecule has 4 rings (SSSR count). The van der Waals surface area contributed by atoms with Crippen LogP contribution in [0.25, 0.3) is 21.5 Å². The number of hydrogen-bond acceptors (Lipinski definition) is 6. The summed E-state index contributed by atoms with van der Waals surface area (Å²) >= 11 is 5.49. The number of hydrogen-bond donors (Lipinski definition) is 1. The van der Waals surface area contributed by atoms with Gasteiger partial charge in [-0.2, -0.15) is 17.5 Å². The van der Waals surface area contributed by atoms with Gasteiger partial charge in [-0.05, 0) is 59.1 Å². The molecule has 2 aromatic heterocycles. The highest BCUT2D eigenvalue weighted by Crippen LogP contribution is 2.44. The van der Waals surface area contributed by atoms with Gasteiger partial charge in [0.25, 0.3) is 10.0 Å². The molecule has 180 valence electrons. The van der Waals surface area contributed by atoms with E-state index in [0.717, 1.165) is 25.9 Å². The number of anilines is 1. The zero-order valence-corrected chi connectivity index (χ0v) is 21.3. The topological polar surface area (TPSA) is 83.1 Å². The molecular formula is C21H17BrF3N3O3S3. The molecule has 1 N–H and O–H groups in total. The predicted molar refractivity (Wildman–Crippen MR) is 132 cm³/mol. The van der Waals surface area contributed by atoms with Crippen molar-refractivity contribution < 1.29 is 21.6 Å². The van der Waals surface area contributed by atoms with Crippen LogP contribution in [-0.2, 0) is 10.0 Å². The molecular weight excluding hydrogens is 575 g/mol. The van der Waals surface area contributed by atoms with E-state index in [1.807, 2.05) is 24.3 Å². The predicted octanol–water partition coefficient (Wildman–Crippen LogP) is 6.40. The molecule has 0 saturated carbocycles. The third kappa shape index (κ3) is 5.37. The number of aromatic nitrogens is 2.